The first kappa shape index (κ1) is 4.10. The van der Waals surface area contributed by atoms with Crippen LogP contribution in [0, 0.1) is 12.1 Å². The molecule has 0 saturated heterocycles. The van der Waals surface area contributed by atoms with Crippen LogP contribution in [0.5, 0.6) is 0 Å². The van der Waals surface area contributed by atoms with E-state index in [0.717, 1.165) is 12.8 Å². The average molecular weight is 87.1 g/mol. The van der Waals surface area contributed by atoms with Gasteiger partial charge in [-0.15, -0.1) is 0 Å². The molecule has 0 spiro atoms. The molecule has 0 nitrogen and oxygen atoms in total. The number of hydrogen-bond donors (Lipinski definition) is 0. The van der Waals surface area contributed by atoms with Gasteiger partial charge in [-0.05, 0) is 25.7 Å². The van der Waals surface area contributed by atoms with Gasteiger partial charge in [0.2, 0.25) is 0 Å². The minimum Gasteiger partial charge on any atom is -0.240 e. The van der Waals surface area contributed by atoms with Crippen molar-refractivity contribution in [1.29, 1.82) is 0 Å². The second kappa shape index (κ2) is 1.21. The van der Waals surface area contributed by atoms with Gasteiger partial charge in [-0.2, -0.15) is 0 Å². The normalized spacial score (nSPS) is 22.5. The molecule has 1 fully saturated rings. The molecule has 0 aliphatic heterocycles. The summed E-state index contributed by atoms with van der Waals surface area (Å²) in [4.78, 5) is 0. The van der Waals surface area contributed by atoms with Crippen molar-refractivity contribution in [2.45, 2.75) is 19.8 Å². The Morgan fingerprint density at radius 1 is 1.67 bits per heavy atom. The summed E-state index contributed by atoms with van der Waals surface area (Å²) in [6, 6.07) is 0. The first-order chi connectivity index (χ1) is 2.80. The van der Waals surface area contributed by atoms with Crippen molar-refractivity contribution in [3.05, 3.63) is 6.17 Å². The molecule has 0 unspecified atom stereocenters. The Hall–Kier alpha value is -0.0700. The van der Waals surface area contributed by atoms with Gasteiger partial charge in [0.15, 0.2) is 0 Å². The predicted molar refractivity (Wildman–Crippen MR) is 22.7 cm³/mol. The molecule has 0 amide bonds. The summed E-state index contributed by atoms with van der Waals surface area (Å²) in [6.07, 6.45) is 2.29. The van der Waals surface area contributed by atoms with E-state index in [0.29, 0.717) is 5.92 Å². The van der Waals surface area contributed by atoms with Crippen LogP contribution in [-0.4, -0.2) is 0 Å². The Balaban J connectivity index is 2.13. The van der Waals surface area contributed by atoms with E-state index in [1.165, 1.54) is 0 Å². The van der Waals surface area contributed by atoms with Crippen LogP contribution in [0.4, 0.5) is 4.39 Å². The maximum absolute atomic E-state index is 11.8. The van der Waals surface area contributed by atoms with Crippen LogP contribution < -0.4 is 0 Å². The minimum atomic E-state index is 0.120. The minimum absolute atomic E-state index is 0.120. The molecular weight excluding hydrogens is 79.1 g/mol. The van der Waals surface area contributed by atoms with Crippen molar-refractivity contribution in [1.82, 2.24) is 0 Å². The van der Waals surface area contributed by atoms with E-state index in [-0.39, 0.29) is 6.17 Å². The Morgan fingerprint density at radius 3 is 2.17 bits per heavy atom. The third-order valence-electron chi connectivity index (χ3n) is 1.14. The lowest BCUT2D eigenvalue weighted by molar-refractivity contribution is 0.459. The van der Waals surface area contributed by atoms with Crippen molar-refractivity contribution in [2.75, 3.05) is 0 Å². The third-order valence-corrected chi connectivity index (χ3v) is 1.14. The van der Waals surface area contributed by atoms with E-state index in [1.807, 2.05) is 0 Å². The molecule has 1 radical (unpaired) electrons. The summed E-state index contributed by atoms with van der Waals surface area (Å²) in [7, 11) is 0. The standard InChI is InChI=1S/C5H8F/c1-4(6)5-2-3-5/h5H,2-3H2,1H3. The van der Waals surface area contributed by atoms with Crippen molar-refractivity contribution < 1.29 is 4.39 Å². The molecule has 1 saturated carbocycles. The zero-order chi connectivity index (χ0) is 4.57. The fourth-order valence-corrected chi connectivity index (χ4v) is 0.481. The Bertz CT molecular complexity index is 45.9. The number of hydrogen-bond acceptors (Lipinski definition) is 0. The smallest absolute Gasteiger partial charge is 0.144 e. The van der Waals surface area contributed by atoms with Gasteiger partial charge in [0.05, 0.1) is 0 Å². The second-order valence-electron chi connectivity index (χ2n) is 1.86. The van der Waals surface area contributed by atoms with Crippen LogP contribution in [0.15, 0.2) is 0 Å². The highest BCUT2D eigenvalue weighted by molar-refractivity contribution is 4.90. The Kier molecular flexibility index (Phi) is 0.827. The van der Waals surface area contributed by atoms with Crippen molar-refractivity contribution in [2.24, 2.45) is 5.92 Å². The average Bonchev–Trinajstić information content (AvgIpc) is 2.06. The molecular formula is C5H8F. The first-order valence-corrected chi connectivity index (χ1v) is 2.29. The Morgan fingerprint density at radius 2 is 2.17 bits per heavy atom. The van der Waals surface area contributed by atoms with Crippen LogP contribution in [0.3, 0.4) is 0 Å². The lowest BCUT2D eigenvalue weighted by Gasteiger charge is -1.87. The third kappa shape index (κ3) is 0.703. The molecule has 0 aromatic rings. The first-order valence-electron chi connectivity index (χ1n) is 2.29. The van der Waals surface area contributed by atoms with Crippen molar-refractivity contribution in [3.63, 3.8) is 0 Å². The highest BCUT2D eigenvalue weighted by Crippen LogP contribution is 2.38. The number of rotatable bonds is 1. The molecule has 1 aliphatic rings. The Labute approximate surface area is 37.4 Å². The van der Waals surface area contributed by atoms with E-state index < -0.39 is 0 Å². The highest BCUT2D eigenvalue weighted by Gasteiger charge is 2.28. The van der Waals surface area contributed by atoms with Crippen LogP contribution >= 0.6 is 0 Å². The highest BCUT2D eigenvalue weighted by atomic mass is 19.1. The van der Waals surface area contributed by atoms with Crippen LogP contribution in [0.1, 0.15) is 19.8 Å². The van der Waals surface area contributed by atoms with Gasteiger partial charge in [-0.3, -0.25) is 0 Å². The molecule has 0 N–H and O–H groups in total. The summed E-state index contributed by atoms with van der Waals surface area (Å²) < 4.78 is 11.8. The van der Waals surface area contributed by atoms with E-state index in [2.05, 4.69) is 0 Å². The van der Waals surface area contributed by atoms with E-state index in [9.17, 15) is 4.39 Å². The maximum atomic E-state index is 11.8. The zero-order valence-electron chi connectivity index (χ0n) is 3.87. The summed E-state index contributed by atoms with van der Waals surface area (Å²) in [6.45, 7) is 1.55. The van der Waals surface area contributed by atoms with Gasteiger partial charge in [0, 0.05) is 0 Å². The van der Waals surface area contributed by atoms with Gasteiger partial charge < -0.3 is 0 Å². The molecule has 35 valence electrons. The van der Waals surface area contributed by atoms with E-state index >= 15 is 0 Å². The monoisotopic (exact) mass is 87.1 g/mol. The fourth-order valence-electron chi connectivity index (χ4n) is 0.481. The van der Waals surface area contributed by atoms with E-state index in [4.69, 9.17) is 0 Å². The zero-order valence-corrected chi connectivity index (χ0v) is 3.87. The summed E-state index contributed by atoms with van der Waals surface area (Å²) in [5.74, 6) is 0.352. The van der Waals surface area contributed by atoms with Crippen LogP contribution in [0.25, 0.3) is 0 Å². The molecule has 1 aliphatic carbocycles. The SMILES string of the molecule is C[C](F)C1CC1. The van der Waals surface area contributed by atoms with Gasteiger partial charge in [0.25, 0.3) is 0 Å². The lowest BCUT2D eigenvalue weighted by atomic mass is 10.3. The molecule has 1 rings (SSSR count). The summed E-state index contributed by atoms with van der Waals surface area (Å²) in [5.41, 5.74) is 0. The number of halogens is 1. The molecule has 0 bridgehead atoms. The van der Waals surface area contributed by atoms with Crippen LogP contribution in [0.2, 0.25) is 0 Å². The van der Waals surface area contributed by atoms with Crippen molar-refractivity contribution in [3.8, 4) is 0 Å². The molecule has 0 aromatic carbocycles. The quantitative estimate of drug-likeness (QED) is 0.458. The molecule has 1 heteroatoms. The topological polar surface area (TPSA) is 0 Å². The summed E-state index contributed by atoms with van der Waals surface area (Å²) >= 11 is 0. The second-order valence-corrected chi connectivity index (χ2v) is 1.86. The fraction of sp³-hybridized carbons (Fsp3) is 0.800. The predicted octanol–water partition coefficient (Wildman–Crippen LogP) is 1.92. The molecule has 0 atom stereocenters. The van der Waals surface area contributed by atoms with Crippen LogP contribution in [-0.2, 0) is 0 Å². The molecule has 0 aromatic heterocycles. The van der Waals surface area contributed by atoms with Gasteiger partial charge in [-0.1, -0.05) is 0 Å². The van der Waals surface area contributed by atoms with Gasteiger partial charge in [0.1, 0.15) is 6.17 Å². The lowest BCUT2D eigenvalue weighted by Crippen LogP contribution is -1.79. The largest absolute Gasteiger partial charge is 0.240 e. The molecule has 6 heavy (non-hydrogen) atoms. The van der Waals surface area contributed by atoms with Gasteiger partial charge >= 0.3 is 0 Å². The van der Waals surface area contributed by atoms with Gasteiger partial charge in [-0.25, -0.2) is 4.39 Å². The maximum Gasteiger partial charge on any atom is 0.144 e. The summed E-state index contributed by atoms with van der Waals surface area (Å²) in [5, 5.41) is 0. The molecule has 0 heterocycles. The van der Waals surface area contributed by atoms with E-state index in [1.54, 1.807) is 6.92 Å². The van der Waals surface area contributed by atoms with Crippen molar-refractivity contribution >= 4 is 0 Å².